The maximum atomic E-state index is 13.3. The summed E-state index contributed by atoms with van der Waals surface area (Å²) in [5.74, 6) is 0.871. The number of alkyl halides is 1. The van der Waals surface area contributed by atoms with Gasteiger partial charge < -0.3 is 9.14 Å². The summed E-state index contributed by atoms with van der Waals surface area (Å²) in [6.45, 7) is 2.87. The van der Waals surface area contributed by atoms with Crippen LogP contribution in [0.4, 0.5) is 0 Å². The van der Waals surface area contributed by atoms with E-state index in [9.17, 15) is 4.79 Å². The van der Waals surface area contributed by atoms with Crippen molar-refractivity contribution in [3.05, 3.63) is 71.5 Å². The zero-order valence-electron chi connectivity index (χ0n) is 15.8. The van der Waals surface area contributed by atoms with E-state index in [1.54, 1.807) is 0 Å². The number of ketones is 1. The number of carbonyl (C=O) groups excluding carboxylic acids is 1. The third kappa shape index (κ3) is 4.81. The number of ether oxygens (including phenoxy) is 1. The number of benzene rings is 1. The molecular formula is C23H26BrNO2. The van der Waals surface area contributed by atoms with Crippen molar-refractivity contribution in [2.24, 2.45) is 0 Å². The zero-order chi connectivity index (χ0) is 19.1. The number of carbonyl (C=O) groups is 1. The largest absolute Gasteiger partial charge is 0.494 e. The minimum Gasteiger partial charge on any atom is -0.494 e. The Morgan fingerprint density at radius 2 is 1.89 bits per heavy atom. The number of hydrogen-bond donors (Lipinski definition) is 0. The van der Waals surface area contributed by atoms with Crippen molar-refractivity contribution >= 4 is 27.2 Å². The van der Waals surface area contributed by atoms with Crippen LogP contribution in [0.2, 0.25) is 0 Å². The lowest BCUT2D eigenvalue weighted by Gasteiger charge is -2.08. The van der Waals surface area contributed by atoms with Crippen LogP contribution in [-0.2, 0) is 6.42 Å². The van der Waals surface area contributed by atoms with E-state index in [1.165, 1.54) is 12.8 Å². The van der Waals surface area contributed by atoms with Gasteiger partial charge in [-0.15, -0.1) is 0 Å². The summed E-state index contributed by atoms with van der Waals surface area (Å²) in [6.07, 6.45) is 7.33. The van der Waals surface area contributed by atoms with Gasteiger partial charge in [-0.1, -0.05) is 41.8 Å². The van der Waals surface area contributed by atoms with E-state index in [-0.39, 0.29) is 5.78 Å². The number of aromatic nitrogens is 1. The molecule has 0 aliphatic carbocycles. The second-order valence-corrected chi connectivity index (χ2v) is 7.51. The number of unbranched alkanes of at least 4 members (excludes halogenated alkanes) is 2. The Hall–Kier alpha value is -2.07. The molecule has 142 valence electrons. The van der Waals surface area contributed by atoms with E-state index in [2.05, 4.69) is 35.0 Å². The highest BCUT2D eigenvalue weighted by Crippen LogP contribution is 2.23. The molecule has 3 aromatic rings. The van der Waals surface area contributed by atoms with Gasteiger partial charge in [-0.2, -0.15) is 0 Å². The molecule has 4 heteroatoms. The van der Waals surface area contributed by atoms with Gasteiger partial charge in [-0.05, 0) is 67.3 Å². The first-order chi connectivity index (χ1) is 13.2. The van der Waals surface area contributed by atoms with Gasteiger partial charge in [0.15, 0.2) is 0 Å². The summed E-state index contributed by atoms with van der Waals surface area (Å²) in [5, 5.41) is 0.922. The highest BCUT2D eigenvalue weighted by Gasteiger charge is 2.18. The van der Waals surface area contributed by atoms with Crippen LogP contribution in [0.5, 0.6) is 5.75 Å². The predicted octanol–water partition coefficient (Wildman–Crippen LogP) is 6.07. The van der Waals surface area contributed by atoms with Gasteiger partial charge in [0.2, 0.25) is 5.78 Å². The Morgan fingerprint density at radius 1 is 1.07 bits per heavy atom. The minimum absolute atomic E-state index is 0.0692. The summed E-state index contributed by atoms with van der Waals surface area (Å²) in [4.78, 5) is 13.3. The predicted molar refractivity (Wildman–Crippen MR) is 114 cm³/mol. The number of rotatable bonds is 10. The second-order valence-electron chi connectivity index (χ2n) is 6.72. The lowest BCUT2D eigenvalue weighted by molar-refractivity contribution is 0.103. The van der Waals surface area contributed by atoms with Crippen LogP contribution in [0.15, 0.2) is 54.7 Å². The number of pyridine rings is 1. The molecule has 0 amide bonds. The molecule has 2 aromatic heterocycles. The molecule has 0 atom stereocenters. The Bertz CT molecular complexity index is 883. The molecule has 0 aliphatic heterocycles. The summed E-state index contributed by atoms with van der Waals surface area (Å²) in [6, 6.07) is 15.7. The van der Waals surface area contributed by atoms with Crippen LogP contribution < -0.4 is 4.74 Å². The van der Waals surface area contributed by atoms with Crippen molar-refractivity contribution in [1.82, 2.24) is 4.40 Å². The Balaban J connectivity index is 1.86. The van der Waals surface area contributed by atoms with Gasteiger partial charge in [0.1, 0.15) is 5.75 Å². The summed E-state index contributed by atoms with van der Waals surface area (Å²) in [5.41, 5.74) is 3.69. The number of fused-ring (bicyclic) bond motifs is 1. The normalized spacial score (nSPS) is 11.0. The first kappa shape index (κ1) is 19.7. The van der Waals surface area contributed by atoms with Crippen LogP contribution in [0, 0.1) is 0 Å². The minimum atomic E-state index is 0.0692. The van der Waals surface area contributed by atoms with E-state index < -0.39 is 0 Å². The Kier molecular flexibility index (Phi) is 7.11. The molecule has 0 fully saturated rings. The highest BCUT2D eigenvalue weighted by molar-refractivity contribution is 9.09. The number of hydrogen-bond acceptors (Lipinski definition) is 2. The molecule has 0 aliphatic rings. The summed E-state index contributed by atoms with van der Waals surface area (Å²) >= 11 is 3.40. The van der Waals surface area contributed by atoms with Crippen molar-refractivity contribution < 1.29 is 9.53 Å². The molecule has 2 heterocycles. The van der Waals surface area contributed by atoms with Crippen LogP contribution in [0.1, 0.15) is 54.2 Å². The third-order valence-electron chi connectivity index (χ3n) is 4.69. The van der Waals surface area contributed by atoms with Crippen molar-refractivity contribution in [3.63, 3.8) is 0 Å². The zero-order valence-corrected chi connectivity index (χ0v) is 17.4. The highest BCUT2D eigenvalue weighted by atomic mass is 79.9. The molecular weight excluding hydrogens is 402 g/mol. The molecule has 0 N–H and O–H groups in total. The maximum absolute atomic E-state index is 13.3. The number of halogens is 1. The van der Waals surface area contributed by atoms with Crippen LogP contribution in [-0.4, -0.2) is 22.1 Å². The fourth-order valence-electron chi connectivity index (χ4n) is 3.27. The van der Waals surface area contributed by atoms with E-state index in [0.717, 1.165) is 47.1 Å². The molecule has 0 spiro atoms. The van der Waals surface area contributed by atoms with Crippen LogP contribution in [0.3, 0.4) is 0 Å². The smallest absolute Gasteiger partial charge is 0.210 e. The molecule has 3 nitrogen and oxygen atoms in total. The first-order valence-electron chi connectivity index (χ1n) is 9.67. The van der Waals surface area contributed by atoms with Crippen LogP contribution >= 0.6 is 15.9 Å². The first-order valence-corrected chi connectivity index (χ1v) is 10.8. The molecule has 0 unspecified atom stereocenters. The SMILES string of the molecule is CCCCCc1cc2ccccn2c1C(=O)c1ccc(OCCCBr)cc1. The standard InChI is InChI=1S/C23H26BrNO2/c1-2-3-4-8-19-17-20-9-5-6-15-25(20)22(19)23(26)18-10-12-21(13-11-18)27-16-7-14-24/h5-6,9-13,15,17H,2-4,7-8,14,16H2,1H3. The topological polar surface area (TPSA) is 30.7 Å². The molecule has 1 aromatic carbocycles. The van der Waals surface area contributed by atoms with Gasteiger partial charge in [0.25, 0.3) is 0 Å². The fraction of sp³-hybridized carbons (Fsp3) is 0.348. The molecule has 0 radical (unpaired) electrons. The summed E-state index contributed by atoms with van der Waals surface area (Å²) in [7, 11) is 0. The average molecular weight is 428 g/mol. The van der Waals surface area contributed by atoms with E-state index >= 15 is 0 Å². The monoisotopic (exact) mass is 427 g/mol. The second kappa shape index (κ2) is 9.75. The van der Waals surface area contributed by atoms with Gasteiger partial charge in [0.05, 0.1) is 12.3 Å². The molecule has 0 bridgehead atoms. The van der Waals surface area contributed by atoms with Gasteiger partial charge in [-0.25, -0.2) is 0 Å². The third-order valence-corrected chi connectivity index (χ3v) is 5.25. The van der Waals surface area contributed by atoms with Crippen LogP contribution in [0.25, 0.3) is 5.52 Å². The maximum Gasteiger partial charge on any atom is 0.210 e. The Labute approximate surface area is 169 Å². The number of nitrogens with zero attached hydrogens (tertiary/aromatic N) is 1. The van der Waals surface area contributed by atoms with E-state index in [4.69, 9.17) is 4.74 Å². The average Bonchev–Trinajstić information content (AvgIpc) is 3.06. The quantitative estimate of drug-likeness (QED) is 0.223. The molecule has 0 saturated carbocycles. The summed E-state index contributed by atoms with van der Waals surface area (Å²) < 4.78 is 7.70. The Morgan fingerprint density at radius 3 is 2.63 bits per heavy atom. The molecule has 27 heavy (non-hydrogen) atoms. The van der Waals surface area contributed by atoms with Crippen molar-refractivity contribution in [1.29, 1.82) is 0 Å². The fourth-order valence-corrected chi connectivity index (χ4v) is 3.50. The number of aryl methyl sites for hydroxylation is 1. The van der Waals surface area contributed by atoms with Gasteiger partial charge >= 0.3 is 0 Å². The van der Waals surface area contributed by atoms with Crippen molar-refractivity contribution in [2.75, 3.05) is 11.9 Å². The van der Waals surface area contributed by atoms with Crippen molar-refractivity contribution in [3.8, 4) is 5.75 Å². The lowest BCUT2D eigenvalue weighted by Crippen LogP contribution is -2.08. The van der Waals surface area contributed by atoms with E-state index in [0.29, 0.717) is 12.2 Å². The van der Waals surface area contributed by atoms with E-state index in [1.807, 2.05) is 47.0 Å². The van der Waals surface area contributed by atoms with Gasteiger partial charge in [-0.3, -0.25) is 4.79 Å². The lowest BCUT2D eigenvalue weighted by atomic mass is 10.0. The van der Waals surface area contributed by atoms with Crippen molar-refractivity contribution in [2.45, 2.75) is 39.0 Å². The molecule has 0 saturated heterocycles. The van der Waals surface area contributed by atoms with Gasteiger partial charge in [0, 0.05) is 22.6 Å². The molecule has 3 rings (SSSR count).